The monoisotopic (exact) mass is 200 g/mol. The fourth-order valence-corrected chi connectivity index (χ4v) is 1.09. The van der Waals surface area contributed by atoms with Crippen LogP contribution in [0.2, 0.25) is 5.02 Å². The summed E-state index contributed by atoms with van der Waals surface area (Å²) in [6.07, 6.45) is 3.63. The summed E-state index contributed by atoms with van der Waals surface area (Å²) in [6, 6.07) is 1.63. The van der Waals surface area contributed by atoms with Gasteiger partial charge in [0.2, 0.25) is 5.88 Å². The summed E-state index contributed by atoms with van der Waals surface area (Å²) < 4.78 is 5.33. The second-order valence-corrected chi connectivity index (χ2v) is 3.16. The number of ether oxygens (including phenoxy) is 1. The summed E-state index contributed by atoms with van der Waals surface area (Å²) in [6.45, 7) is 2.74. The maximum atomic E-state index is 5.84. The van der Waals surface area contributed by atoms with Crippen LogP contribution < -0.4 is 10.5 Å². The van der Waals surface area contributed by atoms with Gasteiger partial charge in [0, 0.05) is 0 Å². The zero-order valence-electron chi connectivity index (χ0n) is 7.59. The smallest absolute Gasteiger partial charge is 0.232 e. The third-order valence-corrected chi connectivity index (χ3v) is 1.84. The van der Waals surface area contributed by atoms with Crippen LogP contribution in [0.3, 0.4) is 0 Å². The first-order valence-corrected chi connectivity index (χ1v) is 4.65. The average Bonchev–Trinajstić information content (AvgIpc) is 2.09. The molecular formula is C9H13ClN2O. The highest BCUT2D eigenvalue weighted by molar-refractivity contribution is 6.32. The van der Waals surface area contributed by atoms with Crippen LogP contribution in [0.5, 0.6) is 5.88 Å². The van der Waals surface area contributed by atoms with E-state index in [1.807, 2.05) is 0 Å². The highest BCUT2D eigenvalue weighted by Crippen LogP contribution is 2.23. The molecule has 0 amide bonds. The van der Waals surface area contributed by atoms with E-state index in [2.05, 4.69) is 11.9 Å². The van der Waals surface area contributed by atoms with Gasteiger partial charge < -0.3 is 10.5 Å². The van der Waals surface area contributed by atoms with E-state index >= 15 is 0 Å². The van der Waals surface area contributed by atoms with Gasteiger partial charge in [0.05, 0.1) is 18.5 Å². The standard InChI is InChI=1S/C9H13ClN2O/c1-2-3-4-13-9-8(10)5-7(11)6-12-9/h5-6H,2-4,11H2,1H3. The summed E-state index contributed by atoms with van der Waals surface area (Å²) in [5, 5.41) is 0.469. The molecule has 0 radical (unpaired) electrons. The van der Waals surface area contributed by atoms with E-state index in [1.54, 1.807) is 6.07 Å². The summed E-state index contributed by atoms with van der Waals surface area (Å²) in [5.74, 6) is 0.462. The number of rotatable bonds is 4. The Hall–Kier alpha value is -0.960. The second-order valence-electron chi connectivity index (χ2n) is 2.76. The lowest BCUT2D eigenvalue weighted by molar-refractivity contribution is 0.298. The van der Waals surface area contributed by atoms with Crippen molar-refractivity contribution in [2.45, 2.75) is 19.8 Å². The zero-order valence-corrected chi connectivity index (χ0v) is 8.34. The van der Waals surface area contributed by atoms with Gasteiger partial charge in [-0.2, -0.15) is 0 Å². The van der Waals surface area contributed by atoms with Crippen LogP contribution in [0.4, 0.5) is 5.69 Å². The minimum atomic E-state index is 0.462. The fraction of sp³-hybridized carbons (Fsp3) is 0.444. The van der Waals surface area contributed by atoms with Crippen molar-refractivity contribution in [3.63, 3.8) is 0 Å². The van der Waals surface area contributed by atoms with Crippen molar-refractivity contribution in [3.05, 3.63) is 17.3 Å². The van der Waals surface area contributed by atoms with Crippen LogP contribution in [0.1, 0.15) is 19.8 Å². The van der Waals surface area contributed by atoms with E-state index in [1.165, 1.54) is 6.20 Å². The number of aromatic nitrogens is 1. The van der Waals surface area contributed by atoms with Crippen molar-refractivity contribution in [1.29, 1.82) is 0 Å². The Bertz CT molecular complexity index is 278. The Morgan fingerprint density at radius 2 is 2.38 bits per heavy atom. The number of nitrogen functional groups attached to an aromatic ring is 1. The van der Waals surface area contributed by atoms with E-state index in [0.29, 0.717) is 23.2 Å². The first-order valence-electron chi connectivity index (χ1n) is 4.28. The number of nitrogens with two attached hydrogens (primary N) is 1. The van der Waals surface area contributed by atoms with Gasteiger partial charge in [0.25, 0.3) is 0 Å². The van der Waals surface area contributed by atoms with Crippen LogP contribution in [0, 0.1) is 0 Å². The molecule has 72 valence electrons. The van der Waals surface area contributed by atoms with Gasteiger partial charge in [0.1, 0.15) is 5.02 Å². The Kier molecular flexibility index (Phi) is 3.83. The predicted octanol–water partition coefficient (Wildman–Crippen LogP) is 2.50. The first-order chi connectivity index (χ1) is 6.24. The molecule has 0 aliphatic heterocycles. The lowest BCUT2D eigenvalue weighted by Crippen LogP contribution is -1.99. The molecule has 0 fully saturated rings. The van der Waals surface area contributed by atoms with Gasteiger partial charge in [-0.05, 0) is 12.5 Å². The quantitative estimate of drug-likeness (QED) is 0.760. The van der Waals surface area contributed by atoms with Gasteiger partial charge in [-0.3, -0.25) is 0 Å². The van der Waals surface area contributed by atoms with Crippen molar-refractivity contribution in [1.82, 2.24) is 4.98 Å². The van der Waals surface area contributed by atoms with Gasteiger partial charge in [-0.1, -0.05) is 24.9 Å². The highest BCUT2D eigenvalue weighted by Gasteiger charge is 2.02. The van der Waals surface area contributed by atoms with Crippen LogP contribution in [-0.4, -0.2) is 11.6 Å². The Morgan fingerprint density at radius 3 is 3.00 bits per heavy atom. The SMILES string of the molecule is CCCCOc1ncc(N)cc1Cl. The molecule has 0 atom stereocenters. The molecule has 0 aliphatic carbocycles. The highest BCUT2D eigenvalue weighted by atomic mass is 35.5. The number of hydrogen-bond donors (Lipinski definition) is 1. The van der Waals surface area contributed by atoms with E-state index in [9.17, 15) is 0 Å². The van der Waals surface area contributed by atoms with Crippen LogP contribution >= 0.6 is 11.6 Å². The van der Waals surface area contributed by atoms with Gasteiger partial charge in [-0.15, -0.1) is 0 Å². The van der Waals surface area contributed by atoms with E-state index in [-0.39, 0.29) is 0 Å². The number of nitrogens with zero attached hydrogens (tertiary/aromatic N) is 1. The molecule has 13 heavy (non-hydrogen) atoms. The lowest BCUT2D eigenvalue weighted by Gasteiger charge is -2.05. The summed E-state index contributed by atoms with van der Waals surface area (Å²) in [5.41, 5.74) is 6.03. The van der Waals surface area contributed by atoms with E-state index < -0.39 is 0 Å². The zero-order chi connectivity index (χ0) is 9.68. The molecule has 0 aromatic carbocycles. The van der Waals surface area contributed by atoms with Crippen molar-refractivity contribution in [2.24, 2.45) is 0 Å². The van der Waals surface area contributed by atoms with Gasteiger partial charge in [0.15, 0.2) is 0 Å². The van der Waals surface area contributed by atoms with Crippen molar-refractivity contribution in [2.75, 3.05) is 12.3 Å². The van der Waals surface area contributed by atoms with Crippen LogP contribution in [0.25, 0.3) is 0 Å². The van der Waals surface area contributed by atoms with Gasteiger partial charge >= 0.3 is 0 Å². The Balaban J connectivity index is 2.56. The average molecular weight is 201 g/mol. The van der Waals surface area contributed by atoms with Crippen LogP contribution in [-0.2, 0) is 0 Å². The molecule has 0 saturated carbocycles. The molecule has 1 aromatic heterocycles. The fourth-order valence-electron chi connectivity index (χ4n) is 0.860. The summed E-state index contributed by atoms with van der Waals surface area (Å²) in [7, 11) is 0. The van der Waals surface area contributed by atoms with Crippen molar-refractivity contribution < 1.29 is 4.74 Å². The normalized spacial score (nSPS) is 10.0. The summed E-state index contributed by atoms with van der Waals surface area (Å²) in [4.78, 5) is 3.97. The summed E-state index contributed by atoms with van der Waals surface area (Å²) >= 11 is 5.84. The van der Waals surface area contributed by atoms with E-state index in [4.69, 9.17) is 22.1 Å². The van der Waals surface area contributed by atoms with Crippen molar-refractivity contribution >= 4 is 17.3 Å². The molecular weight excluding hydrogens is 188 g/mol. The molecule has 1 aromatic rings. The first kappa shape index (κ1) is 10.1. The molecule has 2 N–H and O–H groups in total. The second kappa shape index (κ2) is 4.92. The molecule has 0 aliphatic rings. The maximum absolute atomic E-state index is 5.84. The Labute approximate surface area is 82.9 Å². The third kappa shape index (κ3) is 3.11. The molecule has 0 unspecified atom stereocenters. The molecule has 0 bridgehead atoms. The molecule has 0 spiro atoms. The topological polar surface area (TPSA) is 48.1 Å². The minimum absolute atomic E-state index is 0.462. The van der Waals surface area contributed by atoms with Gasteiger partial charge in [-0.25, -0.2) is 4.98 Å². The minimum Gasteiger partial charge on any atom is -0.477 e. The molecule has 0 saturated heterocycles. The lowest BCUT2D eigenvalue weighted by atomic mass is 10.4. The number of hydrogen-bond acceptors (Lipinski definition) is 3. The molecule has 3 nitrogen and oxygen atoms in total. The number of halogens is 1. The maximum Gasteiger partial charge on any atom is 0.232 e. The molecule has 4 heteroatoms. The Morgan fingerprint density at radius 1 is 1.62 bits per heavy atom. The largest absolute Gasteiger partial charge is 0.477 e. The number of unbranched alkanes of at least 4 members (excludes halogenated alkanes) is 1. The van der Waals surface area contributed by atoms with Crippen LogP contribution in [0.15, 0.2) is 12.3 Å². The number of pyridine rings is 1. The van der Waals surface area contributed by atoms with E-state index in [0.717, 1.165) is 12.8 Å². The predicted molar refractivity (Wildman–Crippen MR) is 54.1 cm³/mol. The molecule has 1 heterocycles. The molecule has 1 rings (SSSR count). The van der Waals surface area contributed by atoms with Crippen molar-refractivity contribution in [3.8, 4) is 5.88 Å². The number of anilines is 1. The third-order valence-electron chi connectivity index (χ3n) is 1.57.